The van der Waals surface area contributed by atoms with Gasteiger partial charge in [0, 0.05) is 11.6 Å². The lowest BCUT2D eigenvalue weighted by Crippen LogP contribution is -2.70. The minimum absolute atomic E-state index is 0.111. The Morgan fingerprint density at radius 1 is 1.15 bits per heavy atom. The zero-order valence-corrected chi connectivity index (χ0v) is 18.3. The normalized spacial score (nSPS) is 24.4. The monoisotopic (exact) mass is 439 g/mol. The molecule has 0 atom stereocenters. The third-order valence-electron chi connectivity index (χ3n) is 6.76. The summed E-state index contributed by atoms with van der Waals surface area (Å²) in [6.07, 6.45) is 5.66. The fourth-order valence-corrected chi connectivity index (χ4v) is 5.40. The molecule has 3 aliphatic carbocycles. The molecule has 7 rings (SSSR count). The highest BCUT2D eigenvalue weighted by Crippen LogP contribution is 2.67. The van der Waals surface area contributed by atoms with Crippen LogP contribution in [0.4, 0.5) is 5.95 Å². The predicted molar refractivity (Wildman–Crippen MR) is 120 cm³/mol. The molecule has 3 fully saturated rings. The number of nitrogens with one attached hydrogen (secondary N) is 1. The van der Waals surface area contributed by atoms with Gasteiger partial charge in [-0.1, -0.05) is 0 Å². The molecule has 0 amide bonds. The van der Waals surface area contributed by atoms with Crippen molar-refractivity contribution < 1.29 is 9.47 Å². The Morgan fingerprint density at radius 2 is 1.91 bits per heavy atom. The molecule has 3 aromatic rings. The van der Waals surface area contributed by atoms with E-state index in [2.05, 4.69) is 21.4 Å². The van der Waals surface area contributed by atoms with Crippen LogP contribution in [0.1, 0.15) is 36.0 Å². The first-order chi connectivity index (χ1) is 15.9. The van der Waals surface area contributed by atoms with E-state index in [0.717, 1.165) is 36.0 Å². The van der Waals surface area contributed by atoms with E-state index in [1.165, 1.54) is 6.08 Å². The number of anilines is 1. The number of benzene rings is 1. The van der Waals surface area contributed by atoms with Crippen molar-refractivity contribution in [3.8, 4) is 29.8 Å². The van der Waals surface area contributed by atoms with Crippen LogP contribution in [0, 0.1) is 41.9 Å². The maximum absolute atomic E-state index is 9.32. The number of imidazole rings is 1. The third-order valence-corrected chi connectivity index (χ3v) is 6.76. The number of hydrogen-bond acceptors (Lipinski definition) is 8. The molecule has 164 valence electrons. The van der Waals surface area contributed by atoms with E-state index in [9.17, 15) is 5.26 Å². The Balaban J connectivity index is 1.39. The summed E-state index contributed by atoms with van der Waals surface area (Å²) in [6, 6.07) is 8.90. The van der Waals surface area contributed by atoms with Crippen molar-refractivity contribution in [1.82, 2.24) is 19.5 Å². The molecule has 1 aromatic carbocycles. The van der Waals surface area contributed by atoms with Gasteiger partial charge in [0.1, 0.15) is 12.4 Å². The average molecular weight is 439 g/mol. The summed E-state index contributed by atoms with van der Waals surface area (Å²) in [6.45, 7) is 5.14. The summed E-state index contributed by atoms with van der Waals surface area (Å²) in [5.74, 6) is 1.57. The first-order valence-corrected chi connectivity index (χ1v) is 10.9. The predicted octanol–water partition coefficient (Wildman–Crippen LogP) is 4.02. The van der Waals surface area contributed by atoms with Gasteiger partial charge in [0.2, 0.25) is 5.95 Å². The van der Waals surface area contributed by atoms with Crippen molar-refractivity contribution in [3.63, 3.8) is 0 Å². The molecule has 0 spiro atoms. The highest BCUT2D eigenvalue weighted by atomic mass is 16.5. The zero-order valence-electron chi connectivity index (χ0n) is 18.3. The quantitative estimate of drug-likeness (QED) is 0.592. The van der Waals surface area contributed by atoms with Crippen LogP contribution < -0.4 is 14.8 Å². The van der Waals surface area contributed by atoms with Crippen LogP contribution >= 0.6 is 0 Å². The number of allylic oxidation sites excluding steroid dienone is 1. The van der Waals surface area contributed by atoms with Gasteiger partial charge >= 0.3 is 0 Å². The number of aromatic nitrogens is 4. The van der Waals surface area contributed by atoms with Crippen molar-refractivity contribution in [2.75, 3.05) is 11.9 Å². The summed E-state index contributed by atoms with van der Waals surface area (Å²) in [5.41, 5.74) is 3.73. The van der Waals surface area contributed by atoms with Crippen LogP contribution in [-0.2, 0) is 6.54 Å². The van der Waals surface area contributed by atoms with E-state index in [1.807, 2.05) is 36.6 Å². The van der Waals surface area contributed by atoms with Crippen LogP contribution in [0.15, 0.2) is 18.2 Å². The first kappa shape index (κ1) is 19.6. The van der Waals surface area contributed by atoms with Crippen LogP contribution in [-0.4, -0.2) is 31.7 Å². The van der Waals surface area contributed by atoms with Gasteiger partial charge in [0.25, 0.3) is 11.9 Å². The standard InChI is InChI=1S/C24H21N7O2/c1-14-8-16(4-3-5-25)9-15(2)18(14)33-20-17-19(28-22-31(17)6-7-32-22)27-21(29-20)30-24-10-23(11-24,12-24)13-26/h3-4,8-9H,6-7,10-12H2,1-2H3,(H,27,29,30)/b4-3+. The van der Waals surface area contributed by atoms with Gasteiger partial charge in [0.15, 0.2) is 11.2 Å². The molecule has 3 heterocycles. The Bertz CT molecular complexity index is 1400. The Morgan fingerprint density at radius 3 is 2.61 bits per heavy atom. The summed E-state index contributed by atoms with van der Waals surface area (Å²) in [4.78, 5) is 13.9. The molecule has 2 bridgehead atoms. The second-order valence-electron chi connectivity index (χ2n) is 9.30. The number of ether oxygens (including phenoxy) is 2. The molecule has 4 aliphatic rings. The largest absolute Gasteiger partial charge is 0.463 e. The van der Waals surface area contributed by atoms with Crippen molar-refractivity contribution in [2.24, 2.45) is 5.41 Å². The van der Waals surface area contributed by atoms with E-state index < -0.39 is 0 Å². The fourth-order valence-electron chi connectivity index (χ4n) is 5.40. The smallest absolute Gasteiger partial charge is 0.299 e. The third kappa shape index (κ3) is 2.93. The van der Waals surface area contributed by atoms with Crippen molar-refractivity contribution in [3.05, 3.63) is 34.9 Å². The molecule has 9 heteroatoms. The van der Waals surface area contributed by atoms with Gasteiger partial charge in [-0.25, -0.2) is 0 Å². The van der Waals surface area contributed by atoms with Gasteiger partial charge in [0.05, 0.1) is 24.1 Å². The number of nitriles is 2. The number of rotatable bonds is 5. The SMILES string of the molecule is Cc1cc(/C=C/C#N)cc(C)c1Oc1nc(NC23CC(C#N)(C2)C3)nc2nc3n(c12)CCO3. The number of fused-ring (bicyclic) bond motifs is 3. The lowest BCUT2D eigenvalue weighted by atomic mass is 9.40. The summed E-state index contributed by atoms with van der Waals surface area (Å²) < 4.78 is 14.0. The lowest BCUT2D eigenvalue weighted by molar-refractivity contribution is -0.0665. The summed E-state index contributed by atoms with van der Waals surface area (Å²) in [5, 5.41) is 21.6. The first-order valence-electron chi connectivity index (χ1n) is 10.9. The Kier molecular flexibility index (Phi) is 3.97. The molecule has 0 saturated heterocycles. The van der Waals surface area contributed by atoms with Gasteiger partial charge in [-0.3, -0.25) is 4.57 Å². The van der Waals surface area contributed by atoms with Gasteiger partial charge < -0.3 is 14.8 Å². The van der Waals surface area contributed by atoms with E-state index in [0.29, 0.717) is 47.9 Å². The molecular formula is C24H21N7O2. The minimum atomic E-state index is -0.171. The zero-order chi connectivity index (χ0) is 22.8. The Hall–Kier alpha value is -4.11. The van der Waals surface area contributed by atoms with Crippen LogP contribution in [0.5, 0.6) is 17.6 Å². The minimum Gasteiger partial charge on any atom is -0.463 e. The van der Waals surface area contributed by atoms with Crippen LogP contribution in [0.3, 0.4) is 0 Å². The van der Waals surface area contributed by atoms with E-state index in [1.54, 1.807) is 6.08 Å². The molecule has 2 aromatic heterocycles. The number of nitrogens with zero attached hydrogens (tertiary/aromatic N) is 6. The second-order valence-corrected chi connectivity index (χ2v) is 9.30. The number of hydrogen-bond donors (Lipinski definition) is 1. The number of aryl methyl sites for hydroxylation is 2. The fraction of sp³-hybridized carbons (Fsp3) is 0.375. The molecule has 1 aliphatic heterocycles. The van der Waals surface area contributed by atoms with Gasteiger partial charge in [-0.05, 0) is 68.0 Å². The molecular weight excluding hydrogens is 418 g/mol. The van der Waals surface area contributed by atoms with Crippen molar-refractivity contribution >= 4 is 23.2 Å². The van der Waals surface area contributed by atoms with E-state index in [-0.39, 0.29) is 11.0 Å². The highest BCUT2D eigenvalue weighted by molar-refractivity contribution is 5.80. The van der Waals surface area contributed by atoms with Gasteiger partial charge in [-0.2, -0.15) is 25.5 Å². The van der Waals surface area contributed by atoms with Crippen LogP contribution in [0.2, 0.25) is 0 Å². The lowest BCUT2D eigenvalue weighted by Gasteiger charge is -2.66. The molecule has 0 radical (unpaired) electrons. The summed E-state index contributed by atoms with van der Waals surface area (Å²) >= 11 is 0. The molecule has 3 saturated carbocycles. The molecule has 0 unspecified atom stereocenters. The topological polar surface area (TPSA) is 122 Å². The molecule has 33 heavy (non-hydrogen) atoms. The van der Waals surface area contributed by atoms with Crippen molar-refractivity contribution in [1.29, 1.82) is 10.5 Å². The van der Waals surface area contributed by atoms with E-state index >= 15 is 0 Å². The summed E-state index contributed by atoms with van der Waals surface area (Å²) in [7, 11) is 0. The Labute approximate surface area is 190 Å². The maximum Gasteiger partial charge on any atom is 0.299 e. The highest BCUT2D eigenvalue weighted by Gasteiger charge is 2.69. The molecule has 1 N–H and O–H groups in total. The average Bonchev–Trinajstić information content (AvgIpc) is 3.31. The maximum atomic E-state index is 9.32. The second kappa shape index (κ2) is 6.69. The molecule has 9 nitrogen and oxygen atoms in total. The van der Waals surface area contributed by atoms with E-state index in [4.69, 9.17) is 19.7 Å². The van der Waals surface area contributed by atoms with Crippen LogP contribution in [0.25, 0.3) is 17.2 Å². The van der Waals surface area contributed by atoms with Crippen molar-refractivity contribution in [2.45, 2.75) is 45.2 Å². The van der Waals surface area contributed by atoms with Gasteiger partial charge in [-0.15, -0.1) is 0 Å².